The zero-order valence-electron chi connectivity index (χ0n) is 10.3. The molecule has 2 atom stereocenters. The molecule has 0 spiro atoms. The number of nitrogens with zero attached hydrogens (tertiary/aromatic N) is 2. The van der Waals surface area contributed by atoms with Gasteiger partial charge in [0, 0.05) is 13.1 Å². The van der Waals surface area contributed by atoms with Crippen LogP contribution in [0.15, 0.2) is 12.1 Å². The molecule has 2 heterocycles. The number of halogens is 4. The van der Waals surface area contributed by atoms with Crippen molar-refractivity contribution in [1.82, 2.24) is 4.98 Å². The van der Waals surface area contributed by atoms with Gasteiger partial charge in [-0.3, -0.25) is 0 Å². The second kappa shape index (κ2) is 4.54. The van der Waals surface area contributed by atoms with Crippen molar-refractivity contribution >= 4 is 17.4 Å². The molecule has 2 nitrogen and oxygen atoms in total. The third-order valence-corrected chi connectivity index (χ3v) is 4.35. The van der Waals surface area contributed by atoms with Crippen molar-refractivity contribution in [2.24, 2.45) is 11.8 Å². The number of fused-ring (bicyclic) bond motifs is 1. The van der Waals surface area contributed by atoms with Crippen molar-refractivity contribution in [3.8, 4) is 0 Å². The van der Waals surface area contributed by atoms with E-state index in [2.05, 4.69) is 4.98 Å². The van der Waals surface area contributed by atoms with Gasteiger partial charge < -0.3 is 4.90 Å². The Morgan fingerprint density at radius 1 is 1.16 bits per heavy atom. The van der Waals surface area contributed by atoms with E-state index in [1.165, 1.54) is 19.3 Å². The normalized spacial score (nSPS) is 26.8. The molecule has 0 bridgehead atoms. The Labute approximate surface area is 114 Å². The summed E-state index contributed by atoms with van der Waals surface area (Å²) in [6.07, 6.45) is -0.793. The monoisotopic (exact) mass is 290 g/mol. The Kier molecular flexibility index (Phi) is 3.12. The molecule has 6 heteroatoms. The molecule has 0 amide bonds. The van der Waals surface area contributed by atoms with Gasteiger partial charge in [0.15, 0.2) is 0 Å². The zero-order chi connectivity index (χ0) is 13.6. The summed E-state index contributed by atoms with van der Waals surface area (Å²) in [6.45, 7) is 1.60. The second-order valence-electron chi connectivity index (χ2n) is 5.39. The quantitative estimate of drug-likeness (QED) is 0.727. The van der Waals surface area contributed by atoms with Gasteiger partial charge in [0.2, 0.25) is 0 Å². The van der Waals surface area contributed by atoms with Gasteiger partial charge in [0.05, 0.1) is 5.56 Å². The number of aromatic nitrogens is 1. The summed E-state index contributed by atoms with van der Waals surface area (Å²) in [5.74, 6) is 1.57. The molecule has 1 aromatic rings. The summed E-state index contributed by atoms with van der Waals surface area (Å²) in [5, 5.41) is -0.0955. The fourth-order valence-electron chi connectivity index (χ4n) is 3.23. The minimum Gasteiger partial charge on any atom is -0.356 e. The van der Waals surface area contributed by atoms with Gasteiger partial charge in [0.1, 0.15) is 11.0 Å². The Morgan fingerprint density at radius 3 is 2.37 bits per heavy atom. The topological polar surface area (TPSA) is 16.1 Å². The molecule has 1 aliphatic heterocycles. The summed E-state index contributed by atoms with van der Waals surface area (Å²) >= 11 is 5.72. The standard InChI is InChI=1S/C13H14ClF3N2/c14-11-4-10(13(15,16)17)5-12(18-11)19-6-8-2-1-3-9(8)7-19/h4-5,8-9H,1-3,6-7H2. The van der Waals surface area contributed by atoms with Gasteiger partial charge >= 0.3 is 6.18 Å². The SMILES string of the molecule is FC(F)(F)c1cc(Cl)nc(N2CC3CCCC3C2)c1. The van der Waals surface area contributed by atoms with Crippen molar-refractivity contribution in [3.63, 3.8) is 0 Å². The van der Waals surface area contributed by atoms with E-state index in [-0.39, 0.29) is 5.15 Å². The van der Waals surface area contributed by atoms with Crippen LogP contribution in [0, 0.1) is 11.8 Å². The van der Waals surface area contributed by atoms with Crippen LogP contribution in [0.5, 0.6) is 0 Å². The highest BCUT2D eigenvalue weighted by Gasteiger charge is 2.38. The molecule has 1 aliphatic carbocycles. The van der Waals surface area contributed by atoms with Gasteiger partial charge in [-0.25, -0.2) is 4.98 Å². The number of hydrogen-bond acceptors (Lipinski definition) is 2. The predicted octanol–water partition coefficient (Wildman–Crippen LogP) is 3.99. The van der Waals surface area contributed by atoms with Crippen molar-refractivity contribution < 1.29 is 13.2 Å². The van der Waals surface area contributed by atoms with Crippen LogP contribution in [0.25, 0.3) is 0 Å². The minimum atomic E-state index is -4.38. The molecular formula is C13H14ClF3N2. The highest BCUT2D eigenvalue weighted by atomic mass is 35.5. The van der Waals surface area contributed by atoms with Gasteiger partial charge in [-0.15, -0.1) is 0 Å². The fourth-order valence-corrected chi connectivity index (χ4v) is 3.43. The Hall–Kier alpha value is -0.970. The van der Waals surface area contributed by atoms with E-state index >= 15 is 0 Å². The van der Waals surface area contributed by atoms with Crippen LogP contribution in [0.1, 0.15) is 24.8 Å². The molecule has 1 saturated carbocycles. The van der Waals surface area contributed by atoms with E-state index in [0.29, 0.717) is 17.7 Å². The van der Waals surface area contributed by atoms with Crippen molar-refractivity contribution in [2.75, 3.05) is 18.0 Å². The molecule has 2 fully saturated rings. The largest absolute Gasteiger partial charge is 0.416 e. The maximum atomic E-state index is 12.8. The molecule has 2 aliphatic rings. The average Bonchev–Trinajstić information content (AvgIpc) is 2.86. The van der Waals surface area contributed by atoms with E-state index in [0.717, 1.165) is 25.2 Å². The molecule has 0 aromatic carbocycles. The second-order valence-corrected chi connectivity index (χ2v) is 5.78. The molecule has 3 rings (SSSR count). The van der Waals surface area contributed by atoms with Crippen LogP contribution in [-0.4, -0.2) is 18.1 Å². The van der Waals surface area contributed by atoms with Gasteiger partial charge in [-0.2, -0.15) is 13.2 Å². The van der Waals surface area contributed by atoms with E-state index in [1.54, 1.807) is 0 Å². The minimum absolute atomic E-state index is 0.0955. The van der Waals surface area contributed by atoms with Crippen LogP contribution in [0.3, 0.4) is 0 Å². The summed E-state index contributed by atoms with van der Waals surface area (Å²) in [6, 6.07) is 1.98. The van der Waals surface area contributed by atoms with Gasteiger partial charge in [0.25, 0.3) is 0 Å². The van der Waals surface area contributed by atoms with Crippen LogP contribution < -0.4 is 4.90 Å². The first-order valence-electron chi connectivity index (χ1n) is 6.43. The molecule has 0 N–H and O–H groups in total. The van der Waals surface area contributed by atoms with Crippen LogP contribution in [0.4, 0.5) is 19.0 Å². The molecule has 2 unspecified atom stereocenters. The number of rotatable bonds is 1. The van der Waals surface area contributed by atoms with Crippen molar-refractivity contribution in [3.05, 3.63) is 22.8 Å². The number of anilines is 1. The molecular weight excluding hydrogens is 277 g/mol. The maximum absolute atomic E-state index is 12.8. The van der Waals surface area contributed by atoms with Crippen molar-refractivity contribution in [1.29, 1.82) is 0 Å². The lowest BCUT2D eigenvalue weighted by Gasteiger charge is -2.20. The summed E-state index contributed by atoms with van der Waals surface area (Å²) < 4.78 is 38.3. The summed E-state index contributed by atoms with van der Waals surface area (Å²) in [4.78, 5) is 5.99. The first kappa shape index (κ1) is 13.0. The zero-order valence-corrected chi connectivity index (χ0v) is 11.0. The van der Waals surface area contributed by atoms with Crippen molar-refractivity contribution in [2.45, 2.75) is 25.4 Å². The van der Waals surface area contributed by atoms with Gasteiger partial charge in [-0.05, 0) is 36.8 Å². The lowest BCUT2D eigenvalue weighted by atomic mass is 10.0. The molecule has 1 saturated heterocycles. The molecule has 0 radical (unpaired) electrons. The Bertz CT molecular complexity index is 477. The smallest absolute Gasteiger partial charge is 0.356 e. The molecule has 104 valence electrons. The van der Waals surface area contributed by atoms with Crippen LogP contribution >= 0.6 is 11.6 Å². The highest BCUT2D eigenvalue weighted by Crippen LogP contribution is 2.40. The fraction of sp³-hybridized carbons (Fsp3) is 0.615. The van der Waals surface area contributed by atoms with Crippen LogP contribution in [0.2, 0.25) is 5.15 Å². The van der Waals surface area contributed by atoms with E-state index in [9.17, 15) is 13.2 Å². The lowest BCUT2D eigenvalue weighted by Crippen LogP contribution is -2.22. The van der Waals surface area contributed by atoms with Crippen LogP contribution in [-0.2, 0) is 6.18 Å². The average molecular weight is 291 g/mol. The third-order valence-electron chi connectivity index (χ3n) is 4.16. The van der Waals surface area contributed by atoms with Gasteiger partial charge in [-0.1, -0.05) is 18.0 Å². The highest BCUT2D eigenvalue weighted by molar-refractivity contribution is 6.29. The third kappa shape index (κ3) is 2.53. The number of pyridine rings is 1. The lowest BCUT2D eigenvalue weighted by molar-refractivity contribution is -0.137. The molecule has 19 heavy (non-hydrogen) atoms. The predicted molar refractivity (Wildman–Crippen MR) is 67.3 cm³/mol. The maximum Gasteiger partial charge on any atom is 0.416 e. The summed E-state index contributed by atoms with van der Waals surface area (Å²) in [5.41, 5.74) is -0.723. The molecule has 1 aromatic heterocycles. The first-order chi connectivity index (χ1) is 8.93. The van der Waals surface area contributed by atoms with E-state index < -0.39 is 11.7 Å². The Balaban J connectivity index is 1.87. The number of hydrogen-bond donors (Lipinski definition) is 0. The Morgan fingerprint density at radius 2 is 1.79 bits per heavy atom. The summed E-state index contributed by atoms with van der Waals surface area (Å²) in [7, 11) is 0. The van der Waals surface area contributed by atoms with E-state index in [1.807, 2.05) is 4.90 Å². The first-order valence-corrected chi connectivity index (χ1v) is 6.81. The number of alkyl halides is 3. The van der Waals surface area contributed by atoms with E-state index in [4.69, 9.17) is 11.6 Å².